The maximum Gasteiger partial charge on any atom is 0.0665 e. The Kier molecular flexibility index (Phi) is 4.91. The predicted molar refractivity (Wildman–Crippen MR) is 43.8 cm³/mol. The summed E-state index contributed by atoms with van der Waals surface area (Å²) in [4.78, 5) is 0. The summed E-state index contributed by atoms with van der Waals surface area (Å²) >= 11 is 1.72. The van der Waals surface area contributed by atoms with Crippen molar-refractivity contribution in [2.45, 2.75) is 25.2 Å². The zero-order valence-corrected chi connectivity index (χ0v) is 6.82. The van der Waals surface area contributed by atoms with Crippen LogP contribution in [0.25, 0.3) is 0 Å². The second-order valence-electron chi connectivity index (χ2n) is 1.90. The van der Waals surface area contributed by atoms with Gasteiger partial charge < -0.3 is 5.11 Å². The van der Waals surface area contributed by atoms with E-state index in [4.69, 9.17) is 5.11 Å². The molecule has 1 nitrogen and oxygen atoms in total. The molecule has 0 saturated heterocycles. The topological polar surface area (TPSA) is 20.2 Å². The number of thioether (sulfide) groups is 1. The molecule has 2 unspecified atom stereocenters. The Labute approximate surface area is 61.2 Å². The summed E-state index contributed by atoms with van der Waals surface area (Å²) in [5.74, 6) is 1.03. The second kappa shape index (κ2) is 4.89. The van der Waals surface area contributed by atoms with Gasteiger partial charge in [0.25, 0.3) is 0 Å². The fourth-order valence-corrected chi connectivity index (χ4v) is 1.40. The molecule has 0 aromatic rings. The molecule has 2 heteroatoms. The molecule has 0 amide bonds. The SMILES string of the molecule is C=CC(SCC)C(C)O. The third kappa shape index (κ3) is 3.60. The van der Waals surface area contributed by atoms with Crippen LogP contribution >= 0.6 is 11.8 Å². The molecule has 0 aliphatic heterocycles. The van der Waals surface area contributed by atoms with Gasteiger partial charge in [-0.05, 0) is 12.7 Å². The van der Waals surface area contributed by atoms with E-state index in [0.29, 0.717) is 0 Å². The summed E-state index contributed by atoms with van der Waals surface area (Å²) in [6.45, 7) is 7.48. The van der Waals surface area contributed by atoms with E-state index >= 15 is 0 Å². The summed E-state index contributed by atoms with van der Waals surface area (Å²) in [7, 11) is 0. The van der Waals surface area contributed by atoms with Gasteiger partial charge in [0.1, 0.15) is 0 Å². The number of rotatable bonds is 4. The Hall–Kier alpha value is 0.0500. The van der Waals surface area contributed by atoms with Crippen molar-refractivity contribution in [3.05, 3.63) is 12.7 Å². The molecule has 0 radical (unpaired) electrons. The number of hydrogen-bond acceptors (Lipinski definition) is 2. The molecule has 0 rings (SSSR count). The van der Waals surface area contributed by atoms with Gasteiger partial charge in [-0.2, -0.15) is 11.8 Å². The van der Waals surface area contributed by atoms with Gasteiger partial charge in [-0.25, -0.2) is 0 Å². The van der Waals surface area contributed by atoms with Crippen LogP contribution in [-0.2, 0) is 0 Å². The van der Waals surface area contributed by atoms with E-state index in [-0.39, 0.29) is 11.4 Å². The molecule has 0 aromatic heterocycles. The van der Waals surface area contributed by atoms with Crippen molar-refractivity contribution in [1.29, 1.82) is 0 Å². The van der Waals surface area contributed by atoms with E-state index in [1.165, 1.54) is 0 Å². The molecule has 0 heterocycles. The van der Waals surface area contributed by atoms with Gasteiger partial charge in [0.15, 0.2) is 0 Å². The van der Waals surface area contributed by atoms with E-state index < -0.39 is 0 Å². The standard InChI is InChI=1S/C7H14OS/c1-4-7(6(3)8)9-5-2/h4,6-8H,1,5H2,2-3H3. The maximum absolute atomic E-state index is 9.05. The van der Waals surface area contributed by atoms with Crippen LogP contribution in [-0.4, -0.2) is 22.2 Å². The zero-order valence-electron chi connectivity index (χ0n) is 6.00. The van der Waals surface area contributed by atoms with E-state index in [0.717, 1.165) is 5.75 Å². The molecule has 0 aliphatic carbocycles. The molecule has 0 aliphatic rings. The Morgan fingerprint density at radius 2 is 2.33 bits per heavy atom. The predicted octanol–water partition coefficient (Wildman–Crippen LogP) is 1.67. The Morgan fingerprint density at radius 3 is 2.44 bits per heavy atom. The van der Waals surface area contributed by atoms with Gasteiger partial charge in [0.05, 0.1) is 6.10 Å². The molecular formula is C7H14OS. The van der Waals surface area contributed by atoms with Crippen LogP contribution in [0.15, 0.2) is 12.7 Å². The smallest absolute Gasteiger partial charge is 0.0665 e. The fraction of sp³-hybridized carbons (Fsp3) is 0.714. The van der Waals surface area contributed by atoms with Crippen LogP contribution in [0.3, 0.4) is 0 Å². The minimum absolute atomic E-state index is 0.204. The summed E-state index contributed by atoms with van der Waals surface area (Å²) < 4.78 is 0. The highest BCUT2D eigenvalue weighted by atomic mass is 32.2. The average molecular weight is 146 g/mol. The Bertz CT molecular complexity index is 81.0. The fourth-order valence-electron chi connectivity index (χ4n) is 0.597. The second-order valence-corrected chi connectivity index (χ2v) is 3.35. The third-order valence-electron chi connectivity index (χ3n) is 1.07. The van der Waals surface area contributed by atoms with Crippen LogP contribution in [0, 0.1) is 0 Å². The van der Waals surface area contributed by atoms with Crippen LogP contribution in [0.5, 0.6) is 0 Å². The lowest BCUT2D eigenvalue weighted by Gasteiger charge is -2.12. The molecular weight excluding hydrogens is 132 g/mol. The van der Waals surface area contributed by atoms with E-state index in [1.807, 2.05) is 0 Å². The lowest BCUT2D eigenvalue weighted by atomic mass is 10.3. The highest BCUT2D eigenvalue weighted by Gasteiger charge is 2.08. The van der Waals surface area contributed by atoms with Gasteiger partial charge in [-0.15, -0.1) is 6.58 Å². The molecule has 2 atom stereocenters. The van der Waals surface area contributed by atoms with Crippen LogP contribution < -0.4 is 0 Å². The third-order valence-corrected chi connectivity index (χ3v) is 2.37. The van der Waals surface area contributed by atoms with E-state index in [1.54, 1.807) is 24.8 Å². The van der Waals surface area contributed by atoms with Crippen molar-refractivity contribution in [2.75, 3.05) is 5.75 Å². The van der Waals surface area contributed by atoms with Gasteiger partial charge in [-0.3, -0.25) is 0 Å². The minimum atomic E-state index is -0.271. The lowest BCUT2D eigenvalue weighted by Crippen LogP contribution is -2.16. The van der Waals surface area contributed by atoms with Crippen LogP contribution in [0.1, 0.15) is 13.8 Å². The normalized spacial score (nSPS) is 16.8. The first-order valence-electron chi connectivity index (χ1n) is 3.14. The largest absolute Gasteiger partial charge is 0.392 e. The van der Waals surface area contributed by atoms with Crippen molar-refractivity contribution in [2.24, 2.45) is 0 Å². The zero-order chi connectivity index (χ0) is 7.28. The lowest BCUT2D eigenvalue weighted by molar-refractivity contribution is 0.203. The number of aliphatic hydroxyl groups is 1. The summed E-state index contributed by atoms with van der Waals surface area (Å²) in [6.07, 6.45) is 1.52. The molecule has 0 spiro atoms. The van der Waals surface area contributed by atoms with Gasteiger partial charge in [-0.1, -0.05) is 13.0 Å². The molecule has 54 valence electrons. The molecule has 0 aromatic carbocycles. The van der Waals surface area contributed by atoms with Crippen LogP contribution in [0.4, 0.5) is 0 Å². The first-order chi connectivity index (χ1) is 4.22. The summed E-state index contributed by atoms with van der Waals surface area (Å²) in [5, 5.41) is 9.25. The number of aliphatic hydroxyl groups excluding tert-OH is 1. The Balaban J connectivity index is 3.54. The quantitative estimate of drug-likeness (QED) is 0.609. The van der Waals surface area contributed by atoms with E-state index in [2.05, 4.69) is 13.5 Å². The Morgan fingerprint density at radius 1 is 1.78 bits per heavy atom. The molecule has 0 bridgehead atoms. The molecule has 1 N–H and O–H groups in total. The highest BCUT2D eigenvalue weighted by molar-refractivity contribution is 8.00. The average Bonchev–Trinajstić information content (AvgIpc) is 1.82. The summed E-state index contributed by atoms with van der Waals surface area (Å²) in [6, 6.07) is 0. The van der Waals surface area contributed by atoms with Crippen molar-refractivity contribution in [1.82, 2.24) is 0 Å². The van der Waals surface area contributed by atoms with Gasteiger partial charge in [0, 0.05) is 5.25 Å². The molecule has 0 saturated carbocycles. The molecule has 9 heavy (non-hydrogen) atoms. The monoisotopic (exact) mass is 146 g/mol. The van der Waals surface area contributed by atoms with Crippen molar-refractivity contribution < 1.29 is 5.11 Å². The number of hydrogen-bond donors (Lipinski definition) is 1. The maximum atomic E-state index is 9.05. The highest BCUT2D eigenvalue weighted by Crippen LogP contribution is 2.14. The summed E-state index contributed by atoms with van der Waals surface area (Å²) in [5.41, 5.74) is 0. The van der Waals surface area contributed by atoms with Gasteiger partial charge >= 0.3 is 0 Å². The van der Waals surface area contributed by atoms with Crippen molar-refractivity contribution in [3.8, 4) is 0 Å². The van der Waals surface area contributed by atoms with Crippen molar-refractivity contribution in [3.63, 3.8) is 0 Å². The van der Waals surface area contributed by atoms with Crippen LogP contribution in [0.2, 0.25) is 0 Å². The first-order valence-corrected chi connectivity index (χ1v) is 4.19. The minimum Gasteiger partial charge on any atom is -0.392 e. The van der Waals surface area contributed by atoms with Crippen molar-refractivity contribution >= 4 is 11.8 Å². The first kappa shape index (κ1) is 9.05. The van der Waals surface area contributed by atoms with E-state index in [9.17, 15) is 0 Å². The molecule has 0 fully saturated rings. The van der Waals surface area contributed by atoms with Gasteiger partial charge in [0.2, 0.25) is 0 Å².